The lowest BCUT2D eigenvalue weighted by molar-refractivity contribution is -0.306. The second-order valence-electron chi connectivity index (χ2n) is 8.96. The first-order valence-electron chi connectivity index (χ1n) is 11.3. The summed E-state index contributed by atoms with van der Waals surface area (Å²) in [6.45, 7) is 6.04. The Morgan fingerprint density at radius 1 is 0.724 bits per heavy atom. The molecule has 29 heavy (non-hydrogen) atoms. The summed E-state index contributed by atoms with van der Waals surface area (Å²) in [5, 5.41) is 0. The molecule has 0 aromatic rings. The molecule has 3 rings (SSSR count). The van der Waals surface area contributed by atoms with Gasteiger partial charge >= 0.3 is 6.11 Å². The van der Waals surface area contributed by atoms with Gasteiger partial charge in [-0.2, -0.15) is 8.78 Å². The van der Waals surface area contributed by atoms with Crippen molar-refractivity contribution in [3.05, 3.63) is 0 Å². The highest BCUT2D eigenvalue weighted by molar-refractivity contribution is 4.90. The molecule has 0 bridgehead atoms. The van der Waals surface area contributed by atoms with E-state index >= 15 is 0 Å². The Bertz CT molecular complexity index is 470. The van der Waals surface area contributed by atoms with Crippen molar-refractivity contribution >= 4 is 0 Å². The van der Waals surface area contributed by atoms with Crippen LogP contribution in [0.5, 0.6) is 0 Å². The monoisotopic (exact) mass is 430 g/mol. The van der Waals surface area contributed by atoms with Crippen molar-refractivity contribution in [3.63, 3.8) is 0 Å². The Labute approximate surface area is 170 Å². The van der Waals surface area contributed by atoms with Crippen LogP contribution in [0.3, 0.4) is 0 Å². The Morgan fingerprint density at radius 2 is 1.28 bits per heavy atom. The standard InChI is InChI=1S/C20H30F6O.C2H6/c1-11-2-7-15(16(21)8-11)12-3-5-13(6-4-12)20(25,26)27-14-9-17(22)19(24)18(23)10-14;1-2/h11-19H,2-10H2,1H3;1-2H3. The van der Waals surface area contributed by atoms with Gasteiger partial charge in [-0.15, -0.1) is 0 Å². The van der Waals surface area contributed by atoms with Gasteiger partial charge < -0.3 is 4.74 Å². The fourth-order valence-corrected chi connectivity index (χ4v) is 5.25. The molecule has 3 aliphatic carbocycles. The summed E-state index contributed by atoms with van der Waals surface area (Å²) in [4.78, 5) is 0. The lowest BCUT2D eigenvalue weighted by Gasteiger charge is -2.41. The van der Waals surface area contributed by atoms with Gasteiger partial charge in [-0.1, -0.05) is 27.2 Å². The van der Waals surface area contributed by atoms with E-state index in [1.807, 2.05) is 20.8 Å². The van der Waals surface area contributed by atoms with E-state index in [2.05, 4.69) is 0 Å². The minimum atomic E-state index is -3.49. The third kappa shape index (κ3) is 6.27. The second kappa shape index (κ2) is 10.7. The van der Waals surface area contributed by atoms with Gasteiger partial charge in [0.1, 0.15) is 18.5 Å². The van der Waals surface area contributed by atoms with E-state index in [1.165, 1.54) is 0 Å². The molecule has 1 nitrogen and oxygen atoms in total. The quantitative estimate of drug-likeness (QED) is 0.423. The Hall–Kier alpha value is -0.460. The van der Waals surface area contributed by atoms with Crippen molar-refractivity contribution < 1.29 is 31.1 Å². The van der Waals surface area contributed by atoms with E-state index in [1.54, 1.807) is 0 Å². The summed E-state index contributed by atoms with van der Waals surface area (Å²) in [5.41, 5.74) is 0. The molecule has 7 heteroatoms. The van der Waals surface area contributed by atoms with Gasteiger partial charge in [0.15, 0.2) is 6.17 Å². The van der Waals surface area contributed by atoms with Gasteiger partial charge in [-0.3, -0.25) is 0 Å². The van der Waals surface area contributed by atoms with Gasteiger partial charge in [0.05, 0.1) is 12.0 Å². The molecule has 0 aliphatic heterocycles. The Kier molecular flexibility index (Phi) is 9.17. The van der Waals surface area contributed by atoms with Crippen LogP contribution in [-0.2, 0) is 4.74 Å². The van der Waals surface area contributed by atoms with E-state index in [4.69, 9.17) is 4.74 Å². The van der Waals surface area contributed by atoms with Crippen molar-refractivity contribution in [2.45, 2.75) is 115 Å². The normalized spacial score (nSPS) is 44.0. The molecule has 0 aromatic carbocycles. The number of hydrogen-bond acceptors (Lipinski definition) is 1. The molecule has 0 radical (unpaired) electrons. The van der Waals surface area contributed by atoms with E-state index in [0.717, 1.165) is 12.8 Å². The molecule has 0 saturated heterocycles. The first kappa shape index (κ1) is 24.8. The topological polar surface area (TPSA) is 9.23 Å². The molecule has 0 N–H and O–H groups in total. The molecule has 5 unspecified atom stereocenters. The van der Waals surface area contributed by atoms with E-state index < -0.39 is 55.7 Å². The molecule has 3 aliphatic rings. The smallest absolute Gasteiger partial charge is 0.317 e. The Morgan fingerprint density at radius 3 is 1.79 bits per heavy atom. The molecule has 0 amide bonds. The summed E-state index contributed by atoms with van der Waals surface area (Å²) < 4.78 is 88.2. The highest BCUT2D eigenvalue weighted by atomic mass is 19.3. The van der Waals surface area contributed by atoms with Crippen molar-refractivity contribution in [3.8, 4) is 0 Å². The highest BCUT2D eigenvalue weighted by Gasteiger charge is 2.49. The third-order valence-corrected chi connectivity index (χ3v) is 6.93. The van der Waals surface area contributed by atoms with Gasteiger partial charge in [0, 0.05) is 12.8 Å². The van der Waals surface area contributed by atoms with Gasteiger partial charge in [0.25, 0.3) is 0 Å². The van der Waals surface area contributed by atoms with Crippen LogP contribution in [0, 0.1) is 23.7 Å². The predicted molar refractivity (Wildman–Crippen MR) is 102 cm³/mol. The maximum Gasteiger partial charge on any atom is 0.358 e. The number of ether oxygens (including phenoxy) is 1. The predicted octanol–water partition coefficient (Wildman–Crippen LogP) is 7.38. The number of rotatable bonds is 4. The van der Waals surface area contributed by atoms with Crippen molar-refractivity contribution in [2.24, 2.45) is 23.7 Å². The summed E-state index contributed by atoms with van der Waals surface area (Å²) >= 11 is 0. The highest BCUT2D eigenvalue weighted by Crippen LogP contribution is 2.47. The molecule has 5 atom stereocenters. The fourth-order valence-electron chi connectivity index (χ4n) is 5.25. The van der Waals surface area contributed by atoms with Crippen molar-refractivity contribution in [1.82, 2.24) is 0 Å². The van der Waals surface area contributed by atoms with Crippen LogP contribution in [0.4, 0.5) is 26.3 Å². The third-order valence-electron chi connectivity index (χ3n) is 6.93. The van der Waals surface area contributed by atoms with Crippen LogP contribution < -0.4 is 0 Å². The summed E-state index contributed by atoms with van der Waals surface area (Å²) in [5.74, 6) is -0.583. The van der Waals surface area contributed by atoms with Gasteiger partial charge in [-0.25, -0.2) is 17.6 Å². The summed E-state index contributed by atoms with van der Waals surface area (Å²) in [7, 11) is 0. The van der Waals surface area contributed by atoms with Crippen LogP contribution in [0.1, 0.15) is 78.6 Å². The first-order chi connectivity index (χ1) is 13.7. The number of halogens is 6. The zero-order valence-electron chi connectivity index (χ0n) is 17.7. The molecular formula is C22H36F6O. The van der Waals surface area contributed by atoms with Crippen LogP contribution in [-0.4, -0.2) is 36.9 Å². The minimum absolute atomic E-state index is 0.0453. The molecule has 0 spiro atoms. The SMILES string of the molecule is CC.CC1CCC(C2CCC(C(F)(F)OC3CC(F)C(F)C(F)C3)CC2)C(F)C1. The first-order valence-corrected chi connectivity index (χ1v) is 11.3. The van der Waals surface area contributed by atoms with Crippen LogP contribution in [0.15, 0.2) is 0 Å². The average Bonchev–Trinajstić information content (AvgIpc) is 2.67. The lowest BCUT2D eigenvalue weighted by Crippen LogP contribution is -2.45. The minimum Gasteiger partial charge on any atom is -0.317 e. The Balaban J connectivity index is 0.00000145. The number of alkyl halides is 6. The van der Waals surface area contributed by atoms with E-state index in [-0.39, 0.29) is 24.7 Å². The summed E-state index contributed by atoms with van der Waals surface area (Å²) in [6, 6.07) is 0. The molecule has 0 aromatic heterocycles. The zero-order chi connectivity index (χ0) is 21.8. The van der Waals surface area contributed by atoms with Crippen LogP contribution in [0.2, 0.25) is 0 Å². The molecule has 3 fully saturated rings. The maximum absolute atomic E-state index is 14.5. The molecule has 172 valence electrons. The van der Waals surface area contributed by atoms with E-state index in [9.17, 15) is 26.3 Å². The maximum atomic E-state index is 14.5. The van der Waals surface area contributed by atoms with Gasteiger partial charge in [0.2, 0.25) is 0 Å². The average molecular weight is 431 g/mol. The van der Waals surface area contributed by atoms with E-state index in [0.29, 0.717) is 25.2 Å². The lowest BCUT2D eigenvalue weighted by atomic mass is 9.68. The zero-order valence-corrected chi connectivity index (χ0v) is 17.7. The molecule has 3 saturated carbocycles. The fraction of sp³-hybridized carbons (Fsp3) is 1.00. The largest absolute Gasteiger partial charge is 0.358 e. The van der Waals surface area contributed by atoms with Crippen molar-refractivity contribution in [2.75, 3.05) is 0 Å². The van der Waals surface area contributed by atoms with Crippen LogP contribution >= 0.6 is 0 Å². The molecule has 0 heterocycles. The summed E-state index contributed by atoms with van der Waals surface area (Å²) in [6.07, 6.45) is -9.41. The van der Waals surface area contributed by atoms with Gasteiger partial charge in [-0.05, 0) is 56.3 Å². The van der Waals surface area contributed by atoms with Crippen molar-refractivity contribution in [1.29, 1.82) is 0 Å². The number of hydrogen-bond donors (Lipinski definition) is 0. The molecular weight excluding hydrogens is 394 g/mol. The second-order valence-corrected chi connectivity index (χ2v) is 8.96. The van der Waals surface area contributed by atoms with Crippen LogP contribution in [0.25, 0.3) is 0 Å².